The quantitative estimate of drug-likeness (QED) is 0.751. The van der Waals surface area contributed by atoms with Crippen LogP contribution in [0.4, 0.5) is 0 Å². The van der Waals surface area contributed by atoms with Crippen molar-refractivity contribution in [3.05, 3.63) is 53.3 Å². The van der Waals surface area contributed by atoms with Crippen LogP contribution in [0.25, 0.3) is 0 Å². The van der Waals surface area contributed by atoms with E-state index in [2.05, 4.69) is 5.10 Å². The van der Waals surface area contributed by atoms with Crippen LogP contribution in [-0.4, -0.2) is 16.1 Å². The van der Waals surface area contributed by atoms with E-state index < -0.39 is 0 Å². The van der Waals surface area contributed by atoms with Gasteiger partial charge in [-0.05, 0) is 24.5 Å². The largest absolute Gasteiger partial charge is 0.296 e. The van der Waals surface area contributed by atoms with Crippen LogP contribution in [0.3, 0.4) is 0 Å². The molecule has 1 saturated carbocycles. The molecule has 3 heteroatoms. The number of nitrogens with zero attached hydrogens (tertiary/aromatic N) is 2. The summed E-state index contributed by atoms with van der Waals surface area (Å²) < 4.78 is 1.80. The van der Waals surface area contributed by atoms with E-state index in [4.69, 9.17) is 0 Å². The molecule has 1 heterocycles. The molecular weight excluding hydrogens is 212 g/mol. The Morgan fingerprint density at radius 3 is 2.71 bits per heavy atom. The molecule has 3 rings (SSSR count). The first-order valence-corrected chi connectivity index (χ1v) is 5.93. The van der Waals surface area contributed by atoms with Crippen molar-refractivity contribution >= 4 is 6.29 Å². The summed E-state index contributed by atoms with van der Waals surface area (Å²) in [5.74, 6) is 0.589. The van der Waals surface area contributed by atoms with Crippen LogP contribution < -0.4 is 0 Å². The molecule has 0 unspecified atom stereocenters. The molecule has 1 fully saturated rings. The zero-order chi connectivity index (χ0) is 11.7. The Morgan fingerprint density at radius 2 is 2.06 bits per heavy atom. The van der Waals surface area contributed by atoms with Crippen LogP contribution in [0.15, 0.2) is 36.4 Å². The molecule has 0 atom stereocenters. The molecule has 0 radical (unpaired) electrons. The molecule has 0 N–H and O–H groups in total. The average Bonchev–Trinajstić information content (AvgIpc) is 3.13. The molecule has 0 bridgehead atoms. The van der Waals surface area contributed by atoms with Crippen molar-refractivity contribution in [2.24, 2.45) is 0 Å². The van der Waals surface area contributed by atoms with Crippen molar-refractivity contribution in [2.75, 3.05) is 0 Å². The molecule has 2 aromatic rings. The molecule has 86 valence electrons. The lowest BCUT2D eigenvalue weighted by Crippen LogP contribution is -2.05. The Balaban J connectivity index is 1.88. The van der Waals surface area contributed by atoms with Crippen molar-refractivity contribution in [1.29, 1.82) is 0 Å². The highest BCUT2D eigenvalue weighted by Gasteiger charge is 2.27. The van der Waals surface area contributed by atoms with Gasteiger partial charge in [-0.2, -0.15) is 5.10 Å². The monoisotopic (exact) mass is 226 g/mol. The Morgan fingerprint density at radius 1 is 1.29 bits per heavy atom. The van der Waals surface area contributed by atoms with Crippen molar-refractivity contribution in [3.63, 3.8) is 0 Å². The second kappa shape index (κ2) is 4.17. The molecule has 17 heavy (non-hydrogen) atoms. The van der Waals surface area contributed by atoms with Gasteiger partial charge in [0.05, 0.1) is 12.2 Å². The van der Waals surface area contributed by atoms with Gasteiger partial charge in [-0.3, -0.25) is 9.48 Å². The lowest BCUT2D eigenvalue weighted by molar-refractivity contribution is 0.111. The van der Waals surface area contributed by atoms with E-state index in [1.54, 1.807) is 4.68 Å². The van der Waals surface area contributed by atoms with E-state index >= 15 is 0 Å². The average molecular weight is 226 g/mol. The maximum absolute atomic E-state index is 11.0. The molecule has 1 aromatic heterocycles. The Kier molecular flexibility index (Phi) is 2.52. The first-order chi connectivity index (χ1) is 8.36. The van der Waals surface area contributed by atoms with Gasteiger partial charge in [-0.25, -0.2) is 0 Å². The number of carbonyl (C=O) groups excluding carboxylic acids is 1. The van der Waals surface area contributed by atoms with Crippen LogP contribution in [-0.2, 0) is 6.54 Å². The fourth-order valence-corrected chi connectivity index (χ4v) is 2.01. The van der Waals surface area contributed by atoms with E-state index in [1.165, 1.54) is 18.4 Å². The molecule has 3 nitrogen and oxygen atoms in total. The highest BCUT2D eigenvalue weighted by molar-refractivity contribution is 5.72. The van der Waals surface area contributed by atoms with Gasteiger partial charge in [0.15, 0.2) is 6.29 Å². The van der Waals surface area contributed by atoms with Crippen molar-refractivity contribution in [1.82, 2.24) is 9.78 Å². The molecule has 1 aromatic carbocycles. The predicted octanol–water partition coefficient (Wildman–Crippen LogP) is 2.62. The van der Waals surface area contributed by atoms with E-state index in [9.17, 15) is 4.79 Å². The zero-order valence-corrected chi connectivity index (χ0v) is 9.54. The Bertz CT molecular complexity index is 526. The van der Waals surface area contributed by atoms with Gasteiger partial charge in [0.2, 0.25) is 0 Å². The first-order valence-electron chi connectivity index (χ1n) is 5.93. The zero-order valence-electron chi connectivity index (χ0n) is 9.54. The van der Waals surface area contributed by atoms with Crippen LogP contribution in [0.2, 0.25) is 0 Å². The normalized spacial score (nSPS) is 14.8. The molecular formula is C14H14N2O. The summed E-state index contributed by atoms with van der Waals surface area (Å²) in [6.45, 7) is 0.668. The number of aldehydes is 1. The molecule has 0 saturated heterocycles. The molecule has 1 aliphatic rings. The first kappa shape index (κ1) is 10.3. The minimum atomic E-state index is 0.589. The second-order valence-corrected chi connectivity index (χ2v) is 4.53. The number of aromatic nitrogens is 2. The summed E-state index contributed by atoms with van der Waals surface area (Å²) in [5, 5.41) is 4.52. The number of benzene rings is 1. The molecule has 0 aliphatic heterocycles. The summed E-state index contributed by atoms with van der Waals surface area (Å²) in [6, 6.07) is 12.0. The van der Waals surface area contributed by atoms with Gasteiger partial charge in [0.25, 0.3) is 0 Å². The maximum atomic E-state index is 11.0. The van der Waals surface area contributed by atoms with Gasteiger partial charge < -0.3 is 0 Å². The van der Waals surface area contributed by atoms with Crippen LogP contribution in [0.1, 0.15) is 40.5 Å². The van der Waals surface area contributed by atoms with Crippen molar-refractivity contribution < 1.29 is 4.79 Å². The minimum absolute atomic E-state index is 0.589. The third-order valence-electron chi connectivity index (χ3n) is 3.12. The number of hydrogen-bond acceptors (Lipinski definition) is 2. The van der Waals surface area contributed by atoms with Crippen molar-refractivity contribution in [3.8, 4) is 0 Å². The van der Waals surface area contributed by atoms with Gasteiger partial charge in [-0.1, -0.05) is 30.3 Å². The number of hydrogen-bond donors (Lipinski definition) is 0. The molecule has 0 spiro atoms. The number of rotatable bonds is 4. The van der Waals surface area contributed by atoms with Crippen LogP contribution in [0.5, 0.6) is 0 Å². The van der Waals surface area contributed by atoms with Crippen molar-refractivity contribution in [2.45, 2.75) is 25.3 Å². The van der Waals surface area contributed by atoms with Crippen LogP contribution in [0, 0.1) is 0 Å². The highest BCUT2D eigenvalue weighted by atomic mass is 16.1. The topological polar surface area (TPSA) is 34.9 Å². The van der Waals surface area contributed by atoms with Gasteiger partial charge in [0, 0.05) is 5.92 Å². The summed E-state index contributed by atoms with van der Waals surface area (Å²) in [7, 11) is 0. The Hall–Kier alpha value is -1.90. The lowest BCUT2D eigenvalue weighted by atomic mass is 10.2. The third kappa shape index (κ3) is 2.13. The Labute approximate surface area is 100 Å². The minimum Gasteiger partial charge on any atom is -0.296 e. The second-order valence-electron chi connectivity index (χ2n) is 4.53. The SMILES string of the molecule is O=Cc1cc(C2CC2)nn1Cc1ccccc1. The summed E-state index contributed by atoms with van der Waals surface area (Å²) in [4.78, 5) is 11.0. The van der Waals surface area contributed by atoms with E-state index in [1.807, 2.05) is 36.4 Å². The maximum Gasteiger partial charge on any atom is 0.168 e. The van der Waals surface area contributed by atoms with Gasteiger partial charge in [-0.15, -0.1) is 0 Å². The highest BCUT2D eigenvalue weighted by Crippen LogP contribution is 2.39. The standard InChI is InChI=1S/C14H14N2O/c17-10-13-8-14(12-6-7-12)15-16(13)9-11-4-2-1-3-5-11/h1-5,8,10,12H,6-7,9H2. The van der Waals surface area contributed by atoms with E-state index in [0.717, 1.165) is 12.0 Å². The predicted molar refractivity (Wildman–Crippen MR) is 65.1 cm³/mol. The molecule has 0 amide bonds. The van der Waals surface area contributed by atoms with Gasteiger partial charge in [0.1, 0.15) is 5.69 Å². The fraction of sp³-hybridized carbons (Fsp3) is 0.286. The summed E-state index contributed by atoms with van der Waals surface area (Å²) in [5.41, 5.74) is 2.92. The summed E-state index contributed by atoms with van der Waals surface area (Å²) in [6.07, 6.45) is 3.31. The van der Waals surface area contributed by atoms with E-state index in [0.29, 0.717) is 18.2 Å². The third-order valence-corrected chi connectivity index (χ3v) is 3.12. The fourth-order valence-electron chi connectivity index (χ4n) is 2.01. The van der Waals surface area contributed by atoms with Crippen LogP contribution >= 0.6 is 0 Å². The summed E-state index contributed by atoms with van der Waals surface area (Å²) >= 11 is 0. The van der Waals surface area contributed by atoms with Gasteiger partial charge >= 0.3 is 0 Å². The smallest absolute Gasteiger partial charge is 0.168 e. The molecule has 1 aliphatic carbocycles. The van der Waals surface area contributed by atoms with E-state index in [-0.39, 0.29) is 0 Å². The lowest BCUT2D eigenvalue weighted by Gasteiger charge is -2.03. The number of carbonyl (C=O) groups is 1.